The Balaban J connectivity index is 1.47. The van der Waals surface area contributed by atoms with Gasteiger partial charge in [-0.05, 0) is 43.5 Å². The number of hydrogen-bond acceptors (Lipinski definition) is 5. The van der Waals surface area contributed by atoms with E-state index in [1.54, 1.807) is 24.3 Å². The van der Waals surface area contributed by atoms with Crippen molar-refractivity contribution >= 4 is 21.7 Å². The Kier molecular flexibility index (Phi) is 7.97. The predicted octanol–water partition coefficient (Wildman–Crippen LogP) is 2.22. The summed E-state index contributed by atoms with van der Waals surface area (Å²) in [5.41, 5.74) is 0.0563. The maximum atomic E-state index is 13.7. The number of carbonyl (C=O) groups excluding carboxylic acids is 1. The summed E-state index contributed by atoms with van der Waals surface area (Å²) in [4.78, 5) is 12.4. The molecule has 8 nitrogen and oxygen atoms in total. The summed E-state index contributed by atoms with van der Waals surface area (Å²) < 4.78 is 46.6. The number of urea groups is 1. The molecule has 1 fully saturated rings. The third-order valence-electron chi connectivity index (χ3n) is 5.05. The van der Waals surface area contributed by atoms with Gasteiger partial charge >= 0.3 is 6.03 Å². The minimum atomic E-state index is -3.59. The number of nitrogens with one attached hydrogen (secondary N) is 3. The van der Waals surface area contributed by atoms with Gasteiger partial charge in [-0.1, -0.05) is 30.3 Å². The van der Waals surface area contributed by atoms with Crippen molar-refractivity contribution in [1.29, 1.82) is 0 Å². The number of rotatable bonds is 8. The number of hydrogen-bond donors (Lipinski definition) is 4. The van der Waals surface area contributed by atoms with Gasteiger partial charge in [0.1, 0.15) is 11.9 Å². The van der Waals surface area contributed by atoms with Crippen LogP contribution in [0.1, 0.15) is 19.3 Å². The van der Waals surface area contributed by atoms with E-state index >= 15 is 0 Å². The minimum absolute atomic E-state index is 0.0563. The van der Waals surface area contributed by atoms with E-state index in [1.807, 2.05) is 0 Å². The third kappa shape index (κ3) is 6.47. The van der Waals surface area contributed by atoms with E-state index < -0.39 is 34.0 Å². The molecule has 1 aliphatic heterocycles. The van der Waals surface area contributed by atoms with Gasteiger partial charge in [-0.25, -0.2) is 22.3 Å². The molecule has 10 heteroatoms. The van der Waals surface area contributed by atoms with Crippen molar-refractivity contribution in [2.45, 2.75) is 42.4 Å². The molecule has 168 valence electrons. The second-order valence-corrected chi connectivity index (χ2v) is 9.01. The topological polar surface area (TPSA) is 117 Å². The van der Waals surface area contributed by atoms with Crippen LogP contribution in [-0.4, -0.2) is 51.0 Å². The summed E-state index contributed by atoms with van der Waals surface area (Å²) in [5.74, 6) is -0.547. The lowest BCUT2D eigenvalue weighted by atomic mass is 9.97. The lowest BCUT2D eigenvalue weighted by Gasteiger charge is -2.36. The number of carbonyl (C=O) groups is 1. The number of amides is 2. The first-order chi connectivity index (χ1) is 14.9. The van der Waals surface area contributed by atoms with E-state index in [0.717, 1.165) is 0 Å². The molecule has 0 spiro atoms. The molecule has 2 aromatic rings. The van der Waals surface area contributed by atoms with Crippen molar-refractivity contribution in [2.24, 2.45) is 0 Å². The Morgan fingerprint density at radius 2 is 1.81 bits per heavy atom. The SMILES string of the molecule is O=C(Nc1ccccc1F)N[C@H]1CC[C@H](CCNS(=O)(=O)c2ccccc2)O[C@H]1CO. The van der Waals surface area contributed by atoms with Crippen LogP contribution in [0, 0.1) is 5.82 Å². The predicted molar refractivity (Wildman–Crippen MR) is 114 cm³/mol. The molecule has 1 saturated heterocycles. The van der Waals surface area contributed by atoms with Crippen molar-refractivity contribution < 1.29 is 27.4 Å². The average molecular weight is 452 g/mol. The number of anilines is 1. The molecule has 3 rings (SSSR count). The van der Waals surface area contributed by atoms with Crippen molar-refractivity contribution in [3.8, 4) is 0 Å². The zero-order chi connectivity index (χ0) is 22.3. The van der Waals surface area contributed by atoms with Gasteiger partial charge < -0.3 is 20.5 Å². The molecule has 0 bridgehead atoms. The van der Waals surface area contributed by atoms with Crippen molar-refractivity contribution in [2.75, 3.05) is 18.5 Å². The zero-order valence-corrected chi connectivity index (χ0v) is 17.6. The van der Waals surface area contributed by atoms with Gasteiger partial charge in [-0.15, -0.1) is 0 Å². The zero-order valence-electron chi connectivity index (χ0n) is 16.8. The molecule has 31 heavy (non-hydrogen) atoms. The first-order valence-corrected chi connectivity index (χ1v) is 11.5. The Morgan fingerprint density at radius 1 is 1.10 bits per heavy atom. The Bertz CT molecular complexity index is 974. The number of ether oxygens (including phenoxy) is 1. The standard InChI is InChI=1S/C21H26FN3O5S/c22-17-8-4-5-9-18(17)24-21(27)25-19-11-10-15(30-20(19)14-26)12-13-23-31(28,29)16-6-2-1-3-7-16/h1-9,15,19-20,23,26H,10-14H2,(H2,24,25,27)/t15-,19+,20+/m1/s1. The Morgan fingerprint density at radius 3 is 2.52 bits per heavy atom. The fourth-order valence-electron chi connectivity index (χ4n) is 3.44. The van der Waals surface area contributed by atoms with Gasteiger partial charge in [0.05, 0.1) is 29.3 Å². The highest BCUT2D eigenvalue weighted by atomic mass is 32.2. The van der Waals surface area contributed by atoms with E-state index in [-0.39, 0.29) is 29.8 Å². The fourth-order valence-corrected chi connectivity index (χ4v) is 4.50. The smallest absolute Gasteiger partial charge is 0.319 e. The molecule has 1 heterocycles. The lowest BCUT2D eigenvalue weighted by molar-refractivity contribution is -0.0884. The van der Waals surface area contributed by atoms with E-state index in [0.29, 0.717) is 19.3 Å². The highest BCUT2D eigenvalue weighted by Gasteiger charge is 2.32. The third-order valence-corrected chi connectivity index (χ3v) is 6.52. The van der Waals surface area contributed by atoms with E-state index in [1.165, 1.54) is 30.3 Å². The Labute approximate surface area is 180 Å². The highest BCUT2D eigenvalue weighted by Crippen LogP contribution is 2.22. The van der Waals surface area contributed by atoms with Gasteiger partial charge in [-0.2, -0.15) is 0 Å². The second kappa shape index (κ2) is 10.7. The van der Waals surface area contributed by atoms with Crippen molar-refractivity contribution in [3.05, 3.63) is 60.4 Å². The van der Waals surface area contributed by atoms with E-state index in [4.69, 9.17) is 4.74 Å². The molecule has 0 aromatic heterocycles. The maximum absolute atomic E-state index is 13.7. The molecule has 3 atom stereocenters. The summed E-state index contributed by atoms with van der Waals surface area (Å²) in [7, 11) is -3.59. The maximum Gasteiger partial charge on any atom is 0.319 e. The largest absolute Gasteiger partial charge is 0.394 e. The van der Waals surface area contributed by atoms with E-state index in [9.17, 15) is 22.7 Å². The second-order valence-electron chi connectivity index (χ2n) is 7.24. The number of aliphatic hydroxyl groups is 1. The number of benzene rings is 2. The first-order valence-electron chi connectivity index (χ1n) is 10.0. The minimum Gasteiger partial charge on any atom is -0.394 e. The van der Waals surface area contributed by atoms with Crippen LogP contribution < -0.4 is 15.4 Å². The normalized spacial score (nSPS) is 21.4. The van der Waals surface area contributed by atoms with Gasteiger partial charge in [-0.3, -0.25) is 0 Å². The molecule has 0 unspecified atom stereocenters. The average Bonchev–Trinajstić information content (AvgIpc) is 2.77. The van der Waals surface area contributed by atoms with Crippen LogP contribution in [0.25, 0.3) is 0 Å². The van der Waals surface area contributed by atoms with Crippen LogP contribution in [0.5, 0.6) is 0 Å². The molecule has 2 amide bonds. The molecule has 0 saturated carbocycles. The van der Waals surface area contributed by atoms with Gasteiger partial charge in [0, 0.05) is 6.54 Å². The van der Waals surface area contributed by atoms with Crippen molar-refractivity contribution in [3.63, 3.8) is 0 Å². The lowest BCUT2D eigenvalue weighted by Crippen LogP contribution is -2.52. The number of aliphatic hydroxyl groups excluding tert-OH is 1. The van der Waals surface area contributed by atoms with Crippen LogP contribution in [0.2, 0.25) is 0 Å². The summed E-state index contributed by atoms with van der Waals surface area (Å²) >= 11 is 0. The van der Waals surface area contributed by atoms with Crippen molar-refractivity contribution in [1.82, 2.24) is 10.0 Å². The van der Waals surface area contributed by atoms with E-state index in [2.05, 4.69) is 15.4 Å². The summed E-state index contributed by atoms with van der Waals surface area (Å²) in [5, 5.41) is 14.8. The summed E-state index contributed by atoms with van der Waals surface area (Å²) in [6, 6.07) is 12.9. The molecule has 0 radical (unpaired) electrons. The Hall–Kier alpha value is -2.53. The molecule has 0 aliphatic carbocycles. The van der Waals surface area contributed by atoms with Gasteiger partial charge in [0.2, 0.25) is 10.0 Å². The van der Waals surface area contributed by atoms with Crippen LogP contribution in [-0.2, 0) is 14.8 Å². The molecule has 1 aliphatic rings. The first kappa shape index (κ1) is 23.1. The summed E-state index contributed by atoms with van der Waals surface area (Å²) in [6.07, 6.45) is 0.635. The number of para-hydroxylation sites is 1. The quantitative estimate of drug-likeness (QED) is 0.491. The van der Waals surface area contributed by atoms with Crippen LogP contribution in [0.4, 0.5) is 14.9 Å². The number of halogens is 1. The number of sulfonamides is 1. The molecular formula is C21H26FN3O5S. The molecule has 4 N–H and O–H groups in total. The molecular weight excluding hydrogens is 425 g/mol. The van der Waals surface area contributed by atoms with Crippen LogP contribution in [0.3, 0.4) is 0 Å². The van der Waals surface area contributed by atoms with Crippen LogP contribution in [0.15, 0.2) is 59.5 Å². The van der Waals surface area contributed by atoms with Crippen LogP contribution >= 0.6 is 0 Å². The fraction of sp³-hybridized carbons (Fsp3) is 0.381. The molecule has 2 aromatic carbocycles. The summed E-state index contributed by atoms with van der Waals surface area (Å²) in [6.45, 7) is -0.122. The highest BCUT2D eigenvalue weighted by molar-refractivity contribution is 7.89. The monoisotopic (exact) mass is 451 g/mol. The van der Waals surface area contributed by atoms with Gasteiger partial charge in [0.25, 0.3) is 0 Å². The van der Waals surface area contributed by atoms with Gasteiger partial charge in [0.15, 0.2) is 0 Å².